The minimum absolute atomic E-state index is 0.0765. The molecule has 18 heavy (non-hydrogen) atoms. The van der Waals surface area contributed by atoms with Gasteiger partial charge in [-0.25, -0.2) is 9.97 Å². The molecule has 0 amide bonds. The van der Waals surface area contributed by atoms with Crippen molar-refractivity contribution >= 4 is 18.2 Å². The summed E-state index contributed by atoms with van der Waals surface area (Å²) in [5.74, 6) is 0.360. The molecule has 0 atom stereocenters. The molecule has 0 aliphatic heterocycles. The van der Waals surface area contributed by atoms with Crippen LogP contribution in [-0.2, 0) is 9.53 Å². The van der Waals surface area contributed by atoms with E-state index in [1.54, 1.807) is 11.9 Å². The van der Waals surface area contributed by atoms with E-state index in [9.17, 15) is 9.59 Å². The molecule has 0 radical (unpaired) electrons. The number of likely N-dealkylation sites (N-methyl/N-ethyl adjacent to an activating group) is 1. The van der Waals surface area contributed by atoms with Gasteiger partial charge in [0, 0.05) is 19.4 Å². The van der Waals surface area contributed by atoms with Crippen LogP contribution in [0.2, 0.25) is 0 Å². The number of anilines is 1. The van der Waals surface area contributed by atoms with Crippen molar-refractivity contribution < 1.29 is 14.3 Å². The summed E-state index contributed by atoms with van der Waals surface area (Å²) in [6.07, 6.45) is 3.48. The summed E-state index contributed by atoms with van der Waals surface area (Å²) in [5, 5.41) is 0. The molecule has 0 fully saturated rings. The number of aldehydes is 1. The van der Waals surface area contributed by atoms with Crippen LogP contribution in [0.15, 0.2) is 12.4 Å². The van der Waals surface area contributed by atoms with Crippen molar-refractivity contribution in [2.24, 2.45) is 5.92 Å². The first kappa shape index (κ1) is 14.1. The van der Waals surface area contributed by atoms with E-state index in [0.717, 1.165) is 0 Å². The van der Waals surface area contributed by atoms with Gasteiger partial charge in [0.1, 0.15) is 6.54 Å². The van der Waals surface area contributed by atoms with Crippen LogP contribution in [0.5, 0.6) is 0 Å². The van der Waals surface area contributed by atoms with Gasteiger partial charge in [0.25, 0.3) is 0 Å². The number of aromatic nitrogens is 2. The number of nitrogens with zero attached hydrogens (tertiary/aromatic N) is 3. The van der Waals surface area contributed by atoms with Crippen LogP contribution in [0.1, 0.15) is 24.2 Å². The first-order valence-corrected chi connectivity index (χ1v) is 5.67. The number of hydrogen-bond acceptors (Lipinski definition) is 6. The van der Waals surface area contributed by atoms with E-state index in [2.05, 4.69) is 9.97 Å². The maximum Gasteiger partial charge on any atom is 0.325 e. The SMILES string of the molecule is CC(C)COC(=O)CN(C)c1ncc(C=O)cn1. The molecule has 0 bridgehead atoms. The number of carbonyl (C=O) groups excluding carboxylic acids is 2. The Morgan fingerprint density at radius 3 is 2.56 bits per heavy atom. The Kier molecular flexibility index (Phi) is 5.23. The molecule has 6 heteroatoms. The summed E-state index contributed by atoms with van der Waals surface area (Å²) in [7, 11) is 1.69. The number of esters is 1. The number of carbonyl (C=O) groups is 2. The quantitative estimate of drug-likeness (QED) is 0.553. The van der Waals surface area contributed by atoms with Gasteiger partial charge in [-0.3, -0.25) is 9.59 Å². The van der Waals surface area contributed by atoms with Crippen molar-refractivity contribution in [2.45, 2.75) is 13.8 Å². The van der Waals surface area contributed by atoms with E-state index in [4.69, 9.17) is 4.74 Å². The van der Waals surface area contributed by atoms with E-state index in [1.165, 1.54) is 12.4 Å². The lowest BCUT2D eigenvalue weighted by molar-refractivity contribution is -0.142. The molecule has 1 aromatic heterocycles. The lowest BCUT2D eigenvalue weighted by atomic mass is 10.2. The molecule has 0 spiro atoms. The highest BCUT2D eigenvalue weighted by Crippen LogP contribution is 2.04. The fourth-order valence-electron chi connectivity index (χ4n) is 1.16. The Bertz CT molecular complexity index is 404. The highest BCUT2D eigenvalue weighted by Gasteiger charge is 2.11. The molecule has 0 saturated heterocycles. The Balaban J connectivity index is 2.50. The predicted octanol–water partition coefficient (Wildman–Crippen LogP) is 0.925. The van der Waals surface area contributed by atoms with E-state index in [0.29, 0.717) is 30.3 Å². The number of hydrogen-bond donors (Lipinski definition) is 0. The minimum atomic E-state index is -0.325. The second kappa shape index (κ2) is 6.68. The van der Waals surface area contributed by atoms with Crippen molar-refractivity contribution in [1.29, 1.82) is 0 Å². The van der Waals surface area contributed by atoms with E-state index >= 15 is 0 Å². The van der Waals surface area contributed by atoms with Gasteiger partial charge in [0.2, 0.25) is 5.95 Å². The first-order valence-electron chi connectivity index (χ1n) is 5.67. The highest BCUT2D eigenvalue weighted by atomic mass is 16.5. The monoisotopic (exact) mass is 251 g/mol. The zero-order chi connectivity index (χ0) is 13.5. The lowest BCUT2D eigenvalue weighted by Gasteiger charge is -2.16. The molecular weight excluding hydrogens is 234 g/mol. The zero-order valence-corrected chi connectivity index (χ0v) is 10.8. The molecule has 0 aliphatic rings. The topological polar surface area (TPSA) is 72.4 Å². The second-order valence-electron chi connectivity index (χ2n) is 4.37. The van der Waals surface area contributed by atoms with Gasteiger partial charge in [-0.05, 0) is 5.92 Å². The number of rotatable bonds is 6. The summed E-state index contributed by atoms with van der Waals surface area (Å²) in [4.78, 5) is 31.4. The normalized spacial score (nSPS) is 10.2. The van der Waals surface area contributed by atoms with E-state index < -0.39 is 0 Å². The smallest absolute Gasteiger partial charge is 0.325 e. The highest BCUT2D eigenvalue weighted by molar-refractivity contribution is 5.75. The van der Waals surface area contributed by atoms with Crippen LogP contribution in [0.25, 0.3) is 0 Å². The molecule has 1 heterocycles. The van der Waals surface area contributed by atoms with Crippen LogP contribution < -0.4 is 4.90 Å². The fourth-order valence-corrected chi connectivity index (χ4v) is 1.16. The second-order valence-corrected chi connectivity index (χ2v) is 4.37. The third-order valence-electron chi connectivity index (χ3n) is 2.08. The molecule has 0 aromatic carbocycles. The molecule has 0 saturated carbocycles. The van der Waals surface area contributed by atoms with Crippen LogP contribution in [-0.4, -0.2) is 42.4 Å². The summed E-state index contributed by atoms with van der Waals surface area (Å²) in [6, 6.07) is 0. The Labute approximate surface area is 106 Å². The number of ether oxygens (including phenoxy) is 1. The molecule has 0 N–H and O–H groups in total. The van der Waals surface area contributed by atoms with E-state index in [1.807, 2.05) is 13.8 Å². The Hall–Kier alpha value is -1.98. The van der Waals surface area contributed by atoms with Crippen molar-refractivity contribution in [3.63, 3.8) is 0 Å². The average Bonchev–Trinajstić information content (AvgIpc) is 2.36. The lowest BCUT2D eigenvalue weighted by Crippen LogP contribution is -2.29. The maximum atomic E-state index is 11.5. The van der Waals surface area contributed by atoms with Gasteiger partial charge in [0.15, 0.2) is 6.29 Å². The molecular formula is C12H17N3O3. The first-order chi connectivity index (χ1) is 8.52. The third kappa shape index (κ3) is 4.48. The fraction of sp³-hybridized carbons (Fsp3) is 0.500. The summed E-state index contributed by atoms with van der Waals surface area (Å²) in [6.45, 7) is 4.42. The van der Waals surface area contributed by atoms with Gasteiger partial charge in [-0.1, -0.05) is 13.8 Å². The Morgan fingerprint density at radius 2 is 2.06 bits per heavy atom. The Morgan fingerprint density at radius 1 is 1.44 bits per heavy atom. The summed E-state index contributed by atoms with van der Waals surface area (Å²) >= 11 is 0. The molecule has 0 aliphatic carbocycles. The van der Waals surface area contributed by atoms with E-state index in [-0.39, 0.29) is 12.5 Å². The molecule has 98 valence electrons. The van der Waals surface area contributed by atoms with Crippen LogP contribution in [0.4, 0.5) is 5.95 Å². The van der Waals surface area contributed by atoms with Crippen LogP contribution in [0.3, 0.4) is 0 Å². The van der Waals surface area contributed by atoms with Gasteiger partial charge in [-0.15, -0.1) is 0 Å². The van der Waals surface area contributed by atoms with Gasteiger partial charge in [-0.2, -0.15) is 0 Å². The standard InChI is InChI=1S/C12H17N3O3/c1-9(2)8-18-11(17)6-15(3)12-13-4-10(7-16)5-14-12/h4-5,7,9H,6,8H2,1-3H3. The van der Waals surface area contributed by atoms with Gasteiger partial charge >= 0.3 is 5.97 Å². The summed E-state index contributed by atoms with van der Waals surface area (Å²) in [5.41, 5.74) is 0.398. The third-order valence-corrected chi connectivity index (χ3v) is 2.08. The molecule has 1 rings (SSSR count). The van der Waals surface area contributed by atoms with Crippen molar-refractivity contribution in [3.05, 3.63) is 18.0 Å². The average molecular weight is 251 g/mol. The maximum absolute atomic E-state index is 11.5. The molecule has 0 unspecified atom stereocenters. The van der Waals surface area contributed by atoms with Crippen molar-refractivity contribution in [2.75, 3.05) is 25.1 Å². The van der Waals surface area contributed by atoms with Crippen LogP contribution in [0, 0.1) is 5.92 Å². The minimum Gasteiger partial charge on any atom is -0.464 e. The summed E-state index contributed by atoms with van der Waals surface area (Å²) < 4.78 is 5.05. The largest absolute Gasteiger partial charge is 0.464 e. The molecule has 6 nitrogen and oxygen atoms in total. The predicted molar refractivity (Wildman–Crippen MR) is 66.5 cm³/mol. The zero-order valence-electron chi connectivity index (χ0n) is 10.8. The van der Waals surface area contributed by atoms with Crippen molar-refractivity contribution in [1.82, 2.24) is 9.97 Å². The van der Waals surface area contributed by atoms with Crippen molar-refractivity contribution in [3.8, 4) is 0 Å². The van der Waals surface area contributed by atoms with Gasteiger partial charge < -0.3 is 9.64 Å². The van der Waals surface area contributed by atoms with Crippen LogP contribution >= 0.6 is 0 Å². The van der Waals surface area contributed by atoms with Gasteiger partial charge in [0.05, 0.1) is 12.2 Å². The molecule has 1 aromatic rings.